The summed E-state index contributed by atoms with van der Waals surface area (Å²) in [6.07, 6.45) is 6.75. The third-order valence-corrected chi connectivity index (χ3v) is 4.10. The molecule has 1 aromatic heterocycles. The molecule has 0 radical (unpaired) electrons. The van der Waals surface area contributed by atoms with E-state index in [1.165, 1.54) is 12.8 Å². The minimum atomic E-state index is 0.215. The molecule has 1 aromatic rings. The molecule has 0 saturated heterocycles. The lowest BCUT2D eigenvalue weighted by molar-refractivity contribution is 0.299. The van der Waals surface area contributed by atoms with Crippen LogP contribution < -0.4 is 5.73 Å². The molecule has 4 heteroatoms. The number of nitrogens with zero attached hydrogens (tertiary/aromatic N) is 2. The van der Waals surface area contributed by atoms with E-state index in [0.29, 0.717) is 12.0 Å². The molecule has 2 aliphatic rings. The van der Waals surface area contributed by atoms with Gasteiger partial charge in [-0.25, -0.2) is 0 Å². The highest BCUT2D eigenvalue weighted by molar-refractivity contribution is 5.15. The van der Waals surface area contributed by atoms with E-state index in [1.54, 1.807) is 0 Å². The number of hydrogen-bond donors (Lipinski definition) is 1. The summed E-state index contributed by atoms with van der Waals surface area (Å²) in [5, 5.41) is 4.13. The Labute approximate surface area is 95.6 Å². The summed E-state index contributed by atoms with van der Waals surface area (Å²) in [6, 6.07) is 0.375. The van der Waals surface area contributed by atoms with E-state index in [-0.39, 0.29) is 5.41 Å². The van der Waals surface area contributed by atoms with Crippen LogP contribution in [0.15, 0.2) is 4.52 Å². The third kappa shape index (κ3) is 1.75. The molecule has 2 saturated carbocycles. The standard InChI is InChI=1S/C12H19N3O/c1-12(6-7-12)11-14-10(16-15-11)8-2-4-9(13)5-3-8/h8-9H,2-7,13H2,1H3. The molecule has 0 aromatic carbocycles. The molecule has 1 heterocycles. The van der Waals surface area contributed by atoms with Crippen LogP contribution in [0.5, 0.6) is 0 Å². The van der Waals surface area contributed by atoms with Crippen LogP contribution in [-0.2, 0) is 5.41 Å². The zero-order chi connectivity index (χ0) is 11.2. The molecule has 0 spiro atoms. The average Bonchev–Trinajstić information content (AvgIpc) is 2.84. The first-order valence-corrected chi connectivity index (χ1v) is 6.27. The lowest BCUT2D eigenvalue weighted by Gasteiger charge is -2.22. The Kier molecular flexibility index (Phi) is 2.28. The van der Waals surface area contributed by atoms with Crippen molar-refractivity contribution < 1.29 is 4.52 Å². The molecule has 0 bridgehead atoms. The molecule has 0 unspecified atom stereocenters. The van der Waals surface area contributed by atoms with Gasteiger partial charge in [0.2, 0.25) is 5.89 Å². The maximum absolute atomic E-state index is 5.89. The Bertz CT molecular complexity index is 375. The largest absolute Gasteiger partial charge is 0.339 e. The Morgan fingerprint density at radius 2 is 1.94 bits per heavy atom. The summed E-state index contributed by atoms with van der Waals surface area (Å²) in [6.45, 7) is 2.21. The smallest absolute Gasteiger partial charge is 0.229 e. The predicted octanol–water partition coefficient (Wildman–Crippen LogP) is 2.11. The van der Waals surface area contributed by atoms with Crippen LogP contribution in [0.1, 0.15) is 63.1 Å². The summed E-state index contributed by atoms with van der Waals surface area (Å²) in [5.74, 6) is 2.20. The van der Waals surface area contributed by atoms with E-state index in [2.05, 4.69) is 17.1 Å². The van der Waals surface area contributed by atoms with Crippen LogP contribution in [-0.4, -0.2) is 16.2 Å². The average molecular weight is 221 g/mol. The summed E-state index contributed by atoms with van der Waals surface area (Å²) in [7, 11) is 0. The Morgan fingerprint density at radius 3 is 2.56 bits per heavy atom. The molecule has 16 heavy (non-hydrogen) atoms. The fraction of sp³-hybridized carbons (Fsp3) is 0.833. The Hall–Kier alpha value is -0.900. The SMILES string of the molecule is CC1(c2noc(C3CCC(N)CC3)n2)CC1. The fourth-order valence-corrected chi connectivity index (χ4v) is 2.42. The molecule has 2 N–H and O–H groups in total. The Morgan fingerprint density at radius 1 is 1.25 bits per heavy atom. The van der Waals surface area contributed by atoms with Crippen LogP contribution in [0.3, 0.4) is 0 Å². The van der Waals surface area contributed by atoms with Gasteiger partial charge in [0, 0.05) is 17.4 Å². The summed E-state index contributed by atoms with van der Waals surface area (Å²) < 4.78 is 5.40. The number of rotatable bonds is 2. The van der Waals surface area contributed by atoms with Crippen molar-refractivity contribution in [1.82, 2.24) is 10.1 Å². The lowest BCUT2D eigenvalue weighted by Crippen LogP contribution is -2.25. The zero-order valence-electron chi connectivity index (χ0n) is 9.78. The molecule has 0 atom stereocenters. The van der Waals surface area contributed by atoms with Gasteiger partial charge in [-0.15, -0.1) is 0 Å². The molecular weight excluding hydrogens is 202 g/mol. The van der Waals surface area contributed by atoms with Crippen molar-refractivity contribution in [2.24, 2.45) is 5.73 Å². The van der Waals surface area contributed by atoms with E-state index in [0.717, 1.165) is 37.4 Å². The van der Waals surface area contributed by atoms with Gasteiger partial charge in [0.25, 0.3) is 0 Å². The van der Waals surface area contributed by atoms with Crippen LogP contribution in [0, 0.1) is 0 Å². The minimum absolute atomic E-state index is 0.215. The van der Waals surface area contributed by atoms with Gasteiger partial charge in [0.1, 0.15) is 0 Å². The van der Waals surface area contributed by atoms with Crippen molar-refractivity contribution in [2.75, 3.05) is 0 Å². The van der Waals surface area contributed by atoms with Gasteiger partial charge in [-0.05, 0) is 38.5 Å². The lowest BCUT2D eigenvalue weighted by atomic mass is 9.86. The van der Waals surface area contributed by atoms with Crippen LogP contribution in [0.4, 0.5) is 0 Å². The van der Waals surface area contributed by atoms with E-state index >= 15 is 0 Å². The summed E-state index contributed by atoms with van der Waals surface area (Å²) >= 11 is 0. The van der Waals surface area contributed by atoms with Gasteiger partial charge in [-0.3, -0.25) is 0 Å². The van der Waals surface area contributed by atoms with E-state index in [4.69, 9.17) is 10.3 Å². The molecule has 0 amide bonds. The quantitative estimate of drug-likeness (QED) is 0.830. The predicted molar refractivity (Wildman–Crippen MR) is 60.1 cm³/mol. The van der Waals surface area contributed by atoms with E-state index < -0.39 is 0 Å². The zero-order valence-corrected chi connectivity index (χ0v) is 9.78. The highest BCUT2D eigenvalue weighted by atomic mass is 16.5. The molecule has 0 aliphatic heterocycles. The fourth-order valence-electron chi connectivity index (χ4n) is 2.42. The minimum Gasteiger partial charge on any atom is -0.339 e. The monoisotopic (exact) mass is 221 g/mol. The first-order chi connectivity index (χ1) is 7.67. The van der Waals surface area contributed by atoms with Crippen LogP contribution in [0.2, 0.25) is 0 Å². The molecule has 88 valence electrons. The van der Waals surface area contributed by atoms with E-state index in [1.807, 2.05) is 0 Å². The van der Waals surface area contributed by atoms with Crippen molar-refractivity contribution in [2.45, 2.75) is 62.8 Å². The second-order valence-electron chi connectivity index (χ2n) is 5.63. The first kappa shape index (κ1) is 10.3. The normalized spacial score (nSPS) is 32.6. The van der Waals surface area contributed by atoms with Gasteiger partial charge >= 0.3 is 0 Å². The summed E-state index contributed by atoms with van der Waals surface area (Å²) in [5.41, 5.74) is 6.11. The molecular formula is C12H19N3O. The molecule has 2 aliphatic carbocycles. The van der Waals surface area contributed by atoms with Crippen molar-refractivity contribution in [3.8, 4) is 0 Å². The van der Waals surface area contributed by atoms with Gasteiger partial charge in [-0.1, -0.05) is 12.1 Å². The van der Waals surface area contributed by atoms with Gasteiger partial charge in [0.05, 0.1) is 0 Å². The van der Waals surface area contributed by atoms with Crippen molar-refractivity contribution in [3.63, 3.8) is 0 Å². The second-order valence-corrected chi connectivity index (χ2v) is 5.63. The molecule has 2 fully saturated rings. The third-order valence-electron chi connectivity index (χ3n) is 4.10. The van der Waals surface area contributed by atoms with Crippen LogP contribution >= 0.6 is 0 Å². The maximum atomic E-state index is 5.89. The molecule has 4 nitrogen and oxygen atoms in total. The highest BCUT2D eigenvalue weighted by Crippen LogP contribution is 2.46. The summed E-state index contributed by atoms with van der Waals surface area (Å²) in [4.78, 5) is 4.57. The topological polar surface area (TPSA) is 64.9 Å². The Balaban J connectivity index is 1.72. The van der Waals surface area contributed by atoms with Crippen LogP contribution in [0.25, 0.3) is 0 Å². The van der Waals surface area contributed by atoms with Crippen molar-refractivity contribution in [1.29, 1.82) is 0 Å². The number of hydrogen-bond acceptors (Lipinski definition) is 4. The van der Waals surface area contributed by atoms with Gasteiger partial charge in [0.15, 0.2) is 5.82 Å². The maximum Gasteiger partial charge on any atom is 0.229 e. The number of nitrogens with two attached hydrogens (primary N) is 1. The first-order valence-electron chi connectivity index (χ1n) is 6.27. The van der Waals surface area contributed by atoms with Gasteiger partial charge in [-0.2, -0.15) is 4.98 Å². The van der Waals surface area contributed by atoms with Crippen molar-refractivity contribution >= 4 is 0 Å². The van der Waals surface area contributed by atoms with E-state index in [9.17, 15) is 0 Å². The van der Waals surface area contributed by atoms with Crippen molar-refractivity contribution in [3.05, 3.63) is 11.7 Å². The second kappa shape index (κ2) is 3.55. The van der Waals surface area contributed by atoms with Gasteiger partial charge < -0.3 is 10.3 Å². The number of aromatic nitrogens is 2. The highest BCUT2D eigenvalue weighted by Gasteiger charge is 2.44. The molecule has 3 rings (SSSR count).